The molecule has 0 saturated carbocycles. The number of primary amides is 1. The summed E-state index contributed by atoms with van der Waals surface area (Å²) in [4.78, 5) is 15.3. The Morgan fingerprint density at radius 2 is 1.89 bits per heavy atom. The lowest BCUT2D eigenvalue weighted by Gasteiger charge is -2.21. The number of hydrogen-bond acceptors (Lipinski definition) is 4. The van der Waals surface area contributed by atoms with Crippen LogP contribution in [0.4, 0.5) is 0 Å². The number of ether oxygens (including phenoxy) is 1. The smallest absolute Gasteiger partial charge is 0.250 e. The highest BCUT2D eigenvalue weighted by Gasteiger charge is 2.27. The Balaban J connectivity index is 1.85. The summed E-state index contributed by atoms with van der Waals surface area (Å²) in [7, 11) is -1.33. The molecule has 146 valence electrons. The van der Waals surface area contributed by atoms with Crippen molar-refractivity contribution in [2.45, 2.75) is 18.8 Å². The minimum absolute atomic E-state index is 0.138. The summed E-state index contributed by atoms with van der Waals surface area (Å²) in [5.74, 6) is 0.753. The van der Waals surface area contributed by atoms with E-state index in [-0.39, 0.29) is 17.4 Å². The van der Waals surface area contributed by atoms with Gasteiger partial charge in [-0.05, 0) is 59.7 Å². The van der Waals surface area contributed by atoms with Crippen LogP contribution in [0.15, 0.2) is 42.6 Å². The van der Waals surface area contributed by atoms with Gasteiger partial charge >= 0.3 is 0 Å². The van der Waals surface area contributed by atoms with E-state index in [0.717, 1.165) is 27.8 Å². The van der Waals surface area contributed by atoms with Gasteiger partial charge in [0.15, 0.2) is 0 Å². The molecule has 1 fully saturated rings. The topological polar surface area (TPSA) is 102 Å². The molecule has 1 aliphatic heterocycles. The van der Waals surface area contributed by atoms with E-state index < -0.39 is 15.7 Å². The lowest BCUT2D eigenvalue weighted by atomic mass is 9.91. The molecule has 28 heavy (non-hydrogen) atoms. The number of H-pyrrole nitrogens is 1. The average molecular weight is 398 g/mol. The van der Waals surface area contributed by atoms with E-state index in [4.69, 9.17) is 10.5 Å². The highest BCUT2D eigenvalue weighted by atomic mass is 32.2. The van der Waals surface area contributed by atoms with Crippen molar-refractivity contribution in [1.82, 2.24) is 4.98 Å². The van der Waals surface area contributed by atoms with Gasteiger partial charge in [0.05, 0.1) is 29.7 Å². The van der Waals surface area contributed by atoms with Crippen LogP contribution < -0.4 is 10.5 Å². The van der Waals surface area contributed by atoms with Crippen LogP contribution in [0.25, 0.3) is 22.0 Å². The molecule has 0 radical (unpaired) electrons. The second kappa shape index (κ2) is 6.98. The zero-order valence-electron chi connectivity index (χ0n) is 15.6. The van der Waals surface area contributed by atoms with Crippen LogP contribution in [-0.2, 0) is 9.84 Å². The van der Waals surface area contributed by atoms with Crippen molar-refractivity contribution in [2.24, 2.45) is 5.73 Å². The zero-order valence-corrected chi connectivity index (χ0v) is 16.4. The number of amides is 1. The van der Waals surface area contributed by atoms with Gasteiger partial charge in [0.1, 0.15) is 15.6 Å². The quantitative estimate of drug-likeness (QED) is 0.704. The van der Waals surface area contributed by atoms with E-state index in [1.165, 1.54) is 0 Å². The van der Waals surface area contributed by atoms with Crippen LogP contribution in [0.5, 0.6) is 5.75 Å². The van der Waals surface area contributed by atoms with Gasteiger partial charge in [-0.2, -0.15) is 0 Å². The first-order chi connectivity index (χ1) is 13.4. The standard InChI is InChI=1S/C21H22N2O4S/c1-27-16-4-2-3-14(9-16)15-10-17-19(13-5-7-28(25,26)8-6-13)12-23-20(17)18(11-15)21(22)24/h2-4,9-13,23H,5-8H2,1H3,(H2,22,24). The summed E-state index contributed by atoms with van der Waals surface area (Å²) < 4.78 is 28.9. The largest absolute Gasteiger partial charge is 0.497 e. The highest BCUT2D eigenvalue weighted by Crippen LogP contribution is 2.37. The van der Waals surface area contributed by atoms with Gasteiger partial charge in [0, 0.05) is 11.6 Å². The summed E-state index contributed by atoms with van der Waals surface area (Å²) in [6.07, 6.45) is 3.06. The second-order valence-electron chi connectivity index (χ2n) is 7.21. The van der Waals surface area contributed by atoms with E-state index in [1.54, 1.807) is 13.2 Å². The lowest BCUT2D eigenvalue weighted by Crippen LogP contribution is -2.22. The monoisotopic (exact) mass is 398 g/mol. The minimum Gasteiger partial charge on any atom is -0.497 e. The minimum atomic E-state index is -2.94. The van der Waals surface area contributed by atoms with Crippen molar-refractivity contribution in [1.29, 1.82) is 0 Å². The van der Waals surface area contributed by atoms with E-state index >= 15 is 0 Å². The highest BCUT2D eigenvalue weighted by molar-refractivity contribution is 7.91. The number of nitrogens with two attached hydrogens (primary N) is 1. The van der Waals surface area contributed by atoms with Crippen LogP contribution in [-0.4, -0.2) is 37.9 Å². The molecule has 0 aliphatic carbocycles. The number of rotatable bonds is 4. The van der Waals surface area contributed by atoms with Crippen molar-refractivity contribution in [3.63, 3.8) is 0 Å². The fourth-order valence-corrected chi connectivity index (χ4v) is 5.45. The molecule has 7 heteroatoms. The molecule has 4 rings (SSSR count). The van der Waals surface area contributed by atoms with Crippen LogP contribution in [0.1, 0.15) is 34.7 Å². The van der Waals surface area contributed by atoms with Gasteiger partial charge in [0.25, 0.3) is 5.91 Å². The fraction of sp³-hybridized carbons (Fsp3) is 0.286. The summed E-state index contributed by atoms with van der Waals surface area (Å²) in [5, 5.41) is 0.915. The van der Waals surface area contributed by atoms with Gasteiger partial charge < -0.3 is 15.5 Å². The number of nitrogens with one attached hydrogen (secondary N) is 1. The molecule has 2 aromatic carbocycles. The average Bonchev–Trinajstić information content (AvgIpc) is 3.11. The number of aromatic amines is 1. The third kappa shape index (κ3) is 3.38. The van der Waals surface area contributed by atoms with E-state index in [1.807, 2.05) is 36.5 Å². The molecule has 0 unspecified atom stereocenters. The molecule has 1 aliphatic rings. The Kier molecular flexibility index (Phi) is 4.63. The van der Waals surface area contributed by atoms with Crippen LogP contribution >= 0.6 is 0 Å². The predicted octanol–water partition coefficient (Wildman–Crippen LogP) is 3.23. The summed E-state index contributed by atoms with van der Waals surface area (Å²) >= 11 is 0. The third-order valence-electron chi connectivity index (χ3n) is 5.48. The first-order valence-corrected chi connectivity index (χ1v) is 11.0. The Hall–Kier alpha value is -2.80. The molecule has 3 aromatic rings. The van der Waals surface area contributed by atoms with Crippen molar-refractivity contribution in [2.75, 3.05) is 18.6 Å². The Labute approximate surface area is 163 Å². The molecule has 0 bridgehead atoms. The van der Waals surface area contributed by atoms with E-state index in [0.29, 0.717) is 23.9 Å². The molecule has 0 atom stereocenters. The van der Waals surface area contributed by atoms with Gasteiger partial charge in [-0.1, -0.05) is 12.1 Å². The fourth-order valence-electron chi connectivity index (χ4n) is 3.96. The number of carbonyl (C=O) groups excluding carboxylic acids is 1. The number of sulfone groups is 1. The first kappa shape index (κ1) is 18.6. The summed E-state index contributed by atoms with van der Waals surface area (Å²) in [6.45, 7) is 0. The molecular weight excluding hydrogens is 376 g/mol. The molecular formula is C21H22N2O4S. The number of fused-ring (bicyclic) bond motifs is 1. The maximum Gasteiger partial charge on any atom is 0.250 e. The third-order valence-corrected chi connectivity index (χ3v) is 7.20. The number of aromatic nitrogens is 1. The van der Waals surface area contributed by atoms with Crippen molar-refractivity contribution in [3.8, 4) is 16.9 Å². The van der Waals surface area contributed by atoms with E-state index in [9.17, 15) is 13.2 Å². The number of methoxy groups -OCH3 is 1. The maximum absolute atomic E-state index is 12.1. The van der Waals surface area contributed by atoms with Crippen molar-refractivity contribution < 1.29 is 17.9 Å². The van der Waals surface area contributed by atoms with Crippen LogP contribution in [0.3, 0.4) is 0 Å². The van der Waals surface area contributed by atoms with Gasteiger partial charge in [0.2, 0.25) is 0 Å². The van der Waals surface area contributed by atoms with Crippen molar-refractivity contribution >= 4 is 26.6 Å². The normalized spacial score (nSPS) is 16.9. The summed E-state index contributed by atoms with van der Waals surface area (Å²) in [5.41, 5.74) is 9.58. The van der Waals surface area contributed by atoms with Crippen molar-refractivity contribution in [3.05, 3.63) is 53.7 Å². The van der Waals surface area contributed by atoms with E-state index in [2.05, 4.69) is 4.98 Å². The SMILES string of the molecule is COc1cccc(-c2cc(C(N)=O)c3[nH]cc(C4CCS(=O)(=O)CC4)c3c2)c1. The van der Waals surface area contributed by atoms with Crippen LogP contribution in [0.2, 0.25) is 0 Å². The first-order valence-electron chi connectivity index (χ1n) is 9.17. The Morgan fingerprint density at radius 3 is 2.57 bits per heavy atom. The second-order valence-corrected chi connectivity index (χ2v) is 9.52. The molecule has 0 spiro atoms. The van der Waals surface area contributed by atoms with Gasteiger partial charge in [-0.3, -0.25) is 4.79 Å². The molecule has 6 nitrogen and oxygen atoms in total. The summed E-state index contributed by atoms with van der Waals surface area (Å²) in [6, 6.07) is 11.4. The molecule has 2 heterocycles. The maximum atomic E-state index is 12.1. The Bertz CT molecular complexity index is 1150. The molecule has 1 amide bonds. The predicted molar refractivity (Wildman–Crippen MR) is 109 cm³/mol. The number of hydrogen-bond donors (Lipinski definition) is 2. The zero-order chi connectivity index (χ0) is 19.9. The lowest BCUT2D eigenvalue weighted by molar-refractivity contribution is 0.100. The molecule has 1 saturated heterocycles. The Morgan fingerprint density at radius 1 is 1.14 bits per heavy atom. The van der Waals surface area contributed by atoms with Gasteiger partial charge in [-0.15, -0.1) is 0 Å². The molecule has 1 aromatic heterocycles. The number of benzene rings is 2. The van der Waals surface area contributed by atoms with Crippen LogP contribution in [0, 0.1) is 0 Å². The van der Waals surface area contributed by atoms with Gasteiger partial charge in [-0.25, -0.2) is 8.42 Å². The number of carbonyl (C=O) groups is 1. The molecule has 3 N–H and O–H groups in total.